The third kappa shape index (κ3) is 2.78. The minimum atomic E-state index is -0.264. The molecule has 1 aromatic heterocycles. The third-order valence-electron chi connectivity index (χ3n) is 2.56. The van der Waals surface area contributed by atoms with Gasteiger partial charge in [0.1, 0.15) is 11.0 Å². The Bertz CT molecular complexity index is 377. The first kappa shape index (κ1) is 12.0. The van der Waals surface area contributed by atoms with E-state index in [1.165, 1.54) is 11.8 Å². The van der Waals surface area contributed by atoms with E-state index in [1.807, 2.05) is 6.26 Å². The Morgan fingerprint density at radius 3 is 3.06 bits per heavy atom. The molecule has 1 N–H and O–H groups in total. The largest absolute Gasteiger partial charge is 0.391 e. The van der Waals surface area contributed by atoms with E-state index < -0.39 is 0 Å². The van der Waals surface area contributed by atoms with Crippen molar-refractivity contribution in [3.05, 3.63) is 11.2 Å². The molecule has 0 aliphatic carbocycles. The summed E-state index contributed by atoms with van der Waals surface area (Å²) in [5.41, 5.74) is 0. The van der Waals surface area contributed by atoms with Crippen LogP contribution in [0.1, 0.15) is 12.8 Å². The maximum Gasteiger partial charge on any atom is 0.190 e. The van der Waals surface area contributed by atoms with Gasteiger partial charge in [0.05, 0.1) is 6.10 Å². The summed E-state index contributed by atoms with van der Waals surface area (Å²) in [6.07, 6.45) is 3.50. The van der Waals surface area contributed by atoms with Crippen LogP contribution in [0.25, 0.3) is 0 Å². The van der Waals surface area contributed by atoms with E-state index in [9.17, 15) is 5.11 Å². The summed E-state index contributed by atoms with van der Waals surface area (Å²) in [4.78, 5) is 10.5. The van der Waals surface area contributed by atoms with Crippen molar-refractivity contribution in [2.75, 3.05) is 24.2 Å². The van der Waals surface area contributed by atoms with Crippen LogP contribution in [0.15, 0.2) is 11.2 Å². The molecule has 2 heterocycles. The highest BCUT2D eigenvalue weighted by molar-refractivity contribution is 7.98. The van der Waals surface area contributed by atoms with Crippen LogP contribution in [-0.2, 0) is 0 Å². The Labute approximate surface area is 104 Å². The van der Waals surface area contributed by atoms with Crippen LogP contribution >= 0.6 is 23.4 Å². The highest BCUT2D eigenvalue weighted by atomic mass is 35.5. The summed E-state index contributed by atoms with van der Waals surface area (Å²) in [7, 11) is 0. The molecule has 1 aliphatic rings. The Morgan fingerprint density at radius 2 is 2.38 bits per heavy atom. The summed E-state index contributed by atoms with van der Waals surface area (Å²) in [5.74, 6) is 0.808. The van der Waals surface area contributed by atoms with Gasteiger partial charge in [0.15, 0.2) is 5.16 Å². The van der Waals surface area contributed by atoms with E-state index in [0.29, 0.717) is 16.9 Å². The van der Waals surface area contributed by atoms with Gasteiger partial charge in [-0.2, -0.15) is 0 Å². The Hall–Kier alpha value is -0.520. The van der Waals surface area contributed by atoms with Crippen molar-refractivity contribution in [1.29, 1.82) is 0 Å². The second-order valence-corrected chi connectivity index (χ2v) is 4.94. The minimum absolute atomic E-state index is 0.264. The average Bonchev–Trinajstić information content (AvgIpc) is 2.28. The monoisotopic (exact) mass is 259 g/mol. The summed E-state index contributed by atoms with van der Waals surface area (Å²) in [6.45, 7) is 1.54. The van der Waals surface area contributed by atoms with Crippen molar-refractivity contribution in [1.82, 2.24) is 9.97 Å². The van der Waals surface area contributed by atoms with Gasteiger partial charge in [-0.3, -0.25) is 0 Å². The molecule has 1 saturated heterocycles. The third-order valence-corrected chi connectivity index (χ3v) is 3.31. The fourth-order valence-electron chi connectivity index (χ4n) is 1.80. The zero-order valence-electron chi connectivity index (χ0n) is 9.06. The molecule has 1 atom stereocenters. The average molecular weight is 260 g/mol. The number of aliphatic hydroxyl groups is 1. The zero-order chi connectivity index (χ0) is 11.5. The maximum atomic E-state index is 9.61. The number of rotatable bonds is 2. The molecule has 4 nitrogen and oxygen atoms in total. The fourth-order valence-corrected chi connectivity index (χ4v) is 2.40. The fraction of sp³-hybridized carbons (Fsp3) is 0.600. The second kappa shape index (κ2) is 5.21. The molecular weight excluding hydrogens is 246 g/mol. The van der Waals surface area contributed by atoms with E-state index in [1.54, 1.807) is 6.07 Å². The molecule has 0 radical (unpaired) electrons. The summed E-state index contributed by atoms with van der Waals surface area (Å²) < 4.78 is 0. The molecule has 0 amide bonds. The van der Waals surface area contributed by atoms with Crippen LogP contribution in [-0.4, -0.2) is 40.5 Å². The number of aromatic nitrogens is 2. The minimum Gasteiger partial charge on any atom is -0.391 e. The molecule has 0 bridgehead atoms. The topological polar surface area (TPSA) is 49.2 Å². The lowest BCUT2D eigenvalue weighted by Gasteiger charge is -2.31. The van der Waals surface area contributed by atoms with Crippen molar-refractivity contribution in [2.24, 2.45) is 0 Å². The number of nitrogens with zero attached hydrogens (tertiary/aromatic N) is 3. The number of aliphatic hydroxyl groups excluding tert-OH is 1. The first-order chi connectivity index (χ1) is 7.69. The molecule has 0 aromatic carbocycles. The number of hydrogen-bond donors (Lipinski definition) is 1. The van der Waals surface area contributed by atoms with Gasteiger partial charge in [0.25, 0.3) is 0 Å². The van der Waals surface area contributed by atoms with Gasteiger partial charge in [-0.25, -0.2) is 9.97 Å². The summed E-state index contributed by atoms with van der Waals surface area (Å²) >= 11 is 7.40. The molecule has 6 heteroatoms. The van der Waals surface area contributed by atoms with Crippen molar-refractivity contribution >= 4 is 29.2 Å². The van der Waals surface area contributed by atoms with Crippen LogP contribution in [0.3, 0.4) is 0 Å². The Kier molecular flexibility index (Phi) is 3.89. The van der Waals surface area contributed by atoms with Gasteiger partial charge in [0, 0.05) is 19.2 Å². The molecule has 1 fully saturated rings. The summed E-state index contributed by atoms with van der Waals surface area (Å²) in [5, 5.41) is 10.7. The number of hydrogen-bond acceptors (Lipinski definition) is 5. The smallest absolute Gasteiger partial charge is 0.190 e. The molecule has 1 unspecified atom stereocenters. The van der Waals surface area contributed by atoms with E-state index in [-0.39, 0.29) is 6.10 Å². The number of β-amino-alcohol motifs (C(OH)–C–C–N with tert-alkyl or cyclic N) is 1. The van der Waals surface area contributed by atoms with Gasteiger partial charge >= 0.3 is 0 Å². The molecule has 88 valence electrons. The van der Waals surface area contributed by atoms with E-state index in [0.717, 1.165) is 25.2 Å². The van der Waals surface area contributed by atoms with Gasteiger partial charge in [-0.1, -0.05) is 23.4 Å². The maximum absolute atomic E-state index is 9.61. The zero-order valence-corrected chi connectivity index (χ0v) is 10.6. The van der Waals surface area contributed by atoms with Crippen LogP contribution in [0.4, 0.5) is 5.82 Å². The molecular formula is C10H14ClN3OS. The highest BCUT2D eigenvalue weighted by Crippen LogP contribution is 2.23. The molecule has 0 spiro atoms. The quantitative estimate of drug-likeness (QED) is 0.499. The van der Waals surface area contributed by atoms with Crippen LogP contribution in [0.5, 0.6) is 0 Å². The van der Waals surface area contributed by atoms with E-state index in [4.69, 9.17) is 11.6 Å². The van der Waals surface area contributed by atoms with E-state index in [2.05, 4.69) is 14.9 Å². The lowest BCUT2D eigenvalue weighted by molar-refractivity contribution is 0.154. The standard InChI is InChI=1S/C10H14ClN3OS/c1-16-10-12-8(11)5-9(13-10)14-4-2-3-7(15)6-14/h5,7,15H,2-4,6H2,1H3. The Morgan fingerprint density at radius 1 is 1.56 bits per heavy atom. The normalized spacial score (nSPS) is 21.2. The van der Waals surface area contributed by atoms with Crippen molar-refractivity contribution in [3.8, 4) is 0 Å². The molecule has 1 aromatic rings. The highest BCUT2D eigenvalue weighted by Gasteiger charge is 2.19. The van der Waals surface area contributed by atoms with Gasteiger partial charge < -0.3 is 10.0 Å². The number of anilines is 1. The first-order valence-corrected chi connectivity index (χ1v) is 6.81. The lowest BCUT2D eigenvalue weighted by atomic mass is 10.1. The molecule has 16 heavy (non-hydrogen) atoms. The number of thioether (sulfide) groups is 1. The summed E-state index contributed by atoms with van der Waals surface area (Å²) in [6, 6.07) is 1.75. The van der Waals surface area contributed by atoms with Crippen LogP contribution in [0, 0.1) is 0 Å². The van der Waals surface area contributed by atoms with Crippen molar-refractivity contribution in [2.45, 2.75) is 24.1 Å². The van der Waals surface area contributed by atoms with Crippen LogP contribution < -0.4 is 4.90 Å². The SMILES string of the molecule is CSc1nc(Cl)cc(N2CCCC(O)C2)n1. The van der Waals surface area contributed by atoms with Gasteiger partial charge in [-0.05, 0) is 19.1 Å². The Balaban J connectivity index is 2.21. The number of piperidine rings is 1. The molecule has 0 saturated carbocycles. The number of halogens is 1. The van der Waals surface area contributed by atoms with Crippen LogP contribution in [0.2, 0.25) is 5.15 Å². The second-order valence-electron chi connectivity index (χ2n) is 3.78. The predicted molar refractivity (Wildman–Crippen MR) is 66.3 cm³/mol. The van der Waals surface area contributed by atoms with Gasteiger partial charge in [-0.15, -0.1) is 0 Å². The van der Waals surface area contributed by atoms with Gasteiger partial charge in [0.2, 0.25) is 0 Å². The van der Waals surface area contributed by atoms with Crippen molar-refractivity contribution < 1.29 is 5.11 Å². The lowest BCUT2D eigenvalue weighted by Crippen LogP contribution is -2.38. The molecule has 1 aliphatic heterocycles. The van der Waals surface area contributed by atoms with E-state index >= 15 is 0 Å². The molecule has 2 rings (SSSR count). The first-order valence-electron chi connectivity index (χ1n) is 5.20. The van der Waals surface area contributed by atoms with Crippen molar-refractivity contribution in [3.63, 3.8) is 0 Å². The predicted octanol–water partition coefficient (Wildman–Crippen LogP) is 1.81.